The molecular weight excluding hydrogens is 324 g/mol. The van der Waals surface area contributed by atoms with Crippen LogP contribution in [0.25, 0.3) is 10.9 Å². The Morgan fingerprint density at radius 2 is 1.95 bits per heavy atom. The normalized spacial score (nSPS) is 11.1. The molecule has 0 atom stereocenters. The summed E-state index contributed by atoms with van der Waals surface area (Å²) in [6, 6.07) is 14.2. The van der Waals surface area contributed by atoms with Crippen LogP contribution in [0.5, 0.6) is 0 Å². The number of benzene rings is 2. The minimum atomic E-state index is 0.602. The quantitative estimate of drug-likeness (QED) is 0.677. The van der Waals surface area contributed by atoms with Gasteiger partial charge in [0, 0.05) is 28.1 Å². The van der Waals surface area contributed by atoms with Gasteiger partial charge in [0.05, 0.1) is 10.7 Å². The van der Waals surface area contributed by atoms with Gasteiger partial charge in [-0.15, -0.1) is 0 Å². The molecule has 0 saturated heterocycles. The van der Waals surface area contributed by atoms with Crippen LogP contribution in [0.4, 0.5) is 5.69 Å². The second-order valence-electron chi connectivity index (χ2n) is 4.50. The molecule has 0 aliphatic carbocycles. The first kappa shape index (κ1) is 12.6. The van der Waals surface area contributed by atoms with Crippen LogP contribution in [0.2, 0.25) is 5.02 Å². The molecule has 0 unspecified atom stereocenters. The van der Waals surface area contributed by atoms with Crippen molar-refractivity contribution in [3.63, 3.8) is 0 Å². The SMILES string of the molecule is Nc1cc(Cn2ccc3cc(Br)ccc32)ccc1Cl. The molecule has 96 valence electrons. The minimum absolute atomic E-state index is 0.602. The highest BCUT2D eigenvalue weighted by molar-refractivity contribution is 9.10. The molecule has 0 radical (unpaired) electrons. The van der Waals surface area contributed by atoms with Crippen molar-refractivity contribution in [2.45, 2.75) is 6.54 Å². The largest absolute Gasteiger partial charge is 0.398 e. The van der Waals surface area contributed by atoms with Gasteiger partial charge in [0.15, 0.2) is 0 Å². The Labute approximate surface area is 124 Å². The molecule has 19 heavy (non-hydrogen) atoms. The molecule has 0 aliphatic heterocycles. The van der Waals surface area contributed by atoms with Crippen molar-refractivity contribution in [1.82, 2.24) is 4.57 Å². The molecule has 0 bridgehead atoms. The molecule has 1 aromatic heterocycles. The topological polar surface area (TPSA) is 30.9 Å². The van der Waals surface area contributed by atoms with Crippen LogP contribution in [0.3, 0.4) is 0 Å². The lowest BCUT2D eigenvalue weighted by Crippen LogP contribution is -1.99. The van der Waals surface area contributed by atoms with Crippen LogP contribution < -0.4 is 5.73 Å². The maximum atomic E-state index is 5.94. The molecular formula is C15H12BrClN2. The van der Waals surface area contributed by atoms with Gasteiger partial charge < -0.3 is 10.3 Å². The van der Waals surface area contributed by atoms with Crippen molar-refractivity contribution >= 4 is 44.1 Å². The van der Waals surface area contributed by atoms with E-state index in [4.69, 9.17) is 17.3 Å². The molecule has 0 aliphatic rings. The second kappa shape index (κ2) is 4.91. The first-order valence-corrected chi connectivity index (χ1v) is 7.09. The Hall–Kier alpha value is -1.45. The van der Waals surface area contributed by atoms with E-state index >= 15 is 0 Å². The van der Waals surface area contributed by atoms with Gasteiger partial charge in [-0.05, 0) is 42.0 Å². The first-order chi connectivity index (χ1) is 9.13. The van der Waals surface area contributed by atoms with Gasteiger partial charge in [-0.25, -0.2) is 0 Å². The number of nitrogens with zero attached hydrogens (tertiary/aromatic N) is 1. The number of nitrogens with two attached hydrogens (primary N) is 1. The average molecular weight is 336 g/mol. The lowest BCUT2D eigenvalue weighted by molar-refractivity contribution is 0.837. The zero-order valence-corrected chi connectivity index (χ0v) is 12.4. The van der Waals surface area contributed by atoms with Gasteiger partial charge in [-0.1, -0.05) is 33.6 Å². The zero-order chi connectivity index (χ0) is 13.4. The molecule has 2 aromatic carbocycles. The lowest BCUT2D eigenvalue weighted by atomic mass is 10.2. The molecule has 0 amide bonds. The number of fused-ring (bicyclic) bond motifs is 1. The van der Waals surface area contributed by atoms with Crippen LogP contribution in [0, 0.1) is 0 Å². The standard InChI is InChI=1S/C15H12BrClN2/c16-12-2-4-15-11(8-12)5-6-19(15)9-10-1-3-13(17)14(18)7-10/h1-8H,9,18H2. The zero-order valence-electron chi connectivity index (χ0n) is 10.1. The van der Waals surface area contributed by atoms with Gasteiger partial charge in [-0.3, -0.25) is 0 Å². The third-order valence-electron chi connectivity index (χ3n) is 3.15. The number of rotatable bonds is 2. The number of anilines is 1. The highest BCUT2D eigenvalue weighted by atomic mass is 79.9. The van der Waals surface area contributed by atoms with E-state index in [0.717, 1.165) is 16.6 Å². The van der Waals surface area contributed by atoms with Crippen LogP contribution in [-0.2, 0) is 6.54 Å². The average Bonchev–Trinajstić information content (AvgIpc) is 2.76. The predicted octanol–water partition coefficient (Wildman–Crippen LogP) is 4.69. The minimum Gasteiger partial charge on any atom is -0.398 e. The van der Waals surface area contributed by atoms with E-state index in [1.807, 2.05) is 18.2 Å². The number of halogens is 2. The van der Waals surface area contributed by atoms with Crippen molar-refractivity contribution in [1.29, 1.82) is 0 Å². The summed E-state index contributed by atoms with van der Waals surface area (Å²) in [5, 5.41) is 1.82. The van der Waals surface area contributed by atoms with E-state index in [0.29, 0.717) is 10.7 Å². The summed E-state index contributed by atoms with van der Waals surface area (Å²) in [4.78, 5) is 0. The van der Waals surface area contributed by atoms with Crippen molar-refractivity contribution in [3.05, 3.63) is 63.7 Å². The Balaban J connectivity index is 1.98. The summed E-state index contributed by atoms with van der Waals surface area (Å²) in [5.74, 6) is 0. The molecule has 3 rings (SSSR count). The predicted molar refractivity (Wildman–Crippen MR) is 84.6 cm³/mol. The van der Waals surface area contributed by atoms with Crippen molar-refractivity contribution in [2.24, 2.45) is 0 Å². The Morgan fingerprint density at radius 1 is 1.11 bits per heavy atom. The summed E-state index contributed by atoms with van der Waals surface area (Å²) in [7, 11) is 0. The summed E-state index contributed by atoms with van der Waals surface area (Å²) in [6.07, 6.45) is 2.09. The number of hydrogen-bond donors (Lipinski definition) is 1. The third-order valence-corrected chi connectivity index (χ3v) is 3.98. The molecule has 4 heteroatoms. The Kier molecular flexibility index (Phi) is 3.25. The fraction of sp³-hybridized carbons (Fsp3) is 0.0667. The maximum Gasteiger partial charge on any atom is 0.0635 e. The van der Waals surface area contributed by atoms with E-state index in [2.05, 4.69) is 51.0 Å². The van der Waals surface area contributed by atoms with Crippen molar-refractivity contribution in [2.75, 3.05) is 5.73 Å². The van der Waals surface area contributed by atoms with Crippen LogP contribution in [0.1, 0.15) is 5.56 Å². The van der Waals surface area contributed by atoms with Gasteiger partial charge in [0.2, 0.25) is 0 Å². The van der Waals surface area contributed by atoms with E-state index in [-0.39, 0.29) is 0 Å². The molecule has 3 aromatic rings. The maximum absolute atomic E-state index is 5.94. The van der Waals surface area contributed by atoms with Crippen LogP contribution in [0.15, 0.2) is 53.1 Å². The van der Waals surface area contributed by atoms with E-state index in [1.54, 1.807) is 0 Å². The number of aromatic nitrogens is 1. The molecule has 2 N–H and O–H groups in total. The highest BCUT2D eigenvalue weighted by Gasteiger charge is 2.04. The lowest BCUT2D eigenvalue weighted by Gasteiger charge is -2.07. The third kappa shape index (κ3) is 2.48. The summed E-state index contributed by atoms with van der Waals surface area (Å²) < 4.78 is 3.29. The molecule has 1 heterocycles. The smallest absolute Gasteiger partial charge is 0.0635 e. The van der Waals surface area contributed by atoms with E-state index in [9.17, 15) is 0 Å². The number of nitrogen functional groups attached to an aromatic ring is 1. The molecule has 2 nitrogen and oxygen atoms in total. The summed E-state index contributed by atoms with van der Waals surface area (Å²) in [6.45, 7) is 0.784. The van der Waals surface area contributed by atoms with Crippen molar-refractivity contribution in [3.8, 4) is 0 Å². The molecule has 0 spiro atoms. The van der Waals surface area contributed by atoms with Gasteiger partial charge >= 0.3 is 0 Å². The molecule has 0 saturated carbocycles. The van der Waals surface area contributed by atoms with Gasteiger partial charge in [0.1, 0.15) is 0 Å². The monoisotopic (exact) mass is 334 g/mol. The summed E-state index contributed by atoms with van der Waals surface area (Å²) >= 11 is 9.42. The van der Waals surface area contributed by atoms with E-state index in [1.165, 1.54) is 10.9 Å². The first-order valence-electron chi connectivity index (χ1n) is 5.92. The Morgan fingerprint density at radius 3 is 2.74 bits per heavy atom. The number of hydrogen-bond acceptors (Lipinski definition) is 1. The second-order valence-corrected chi connectivity index (χ2v) is 5.83. The summed E-state index contributed by atoms with van der Waals surface area (Å²) in [5.41, 5.74) is 8.80. The van der Waals surface area contributed by atoms with Gasteiger partial charge in [0.25, 0.3) is 0 Å². The highest BCUT2D eigenvalue weighted by Crippen LogP contribution is 2.24. The fourth-order valence-electron chi connectivity index (χ4n) is 2.20. The van der Waals surface area contributed by atoms with Crippen molar-refractivity contribution < 1.29 is 0 Å². The van der Waals surface area contributed by atoms with Gasteiger partial charge in [-0.2, -0.15) is 0 Å². The van der Waals surface area contributed by atoms with Crippen LogP contribution in [-0.4, -0.2) is 4.57 Å². The fourth-order valence-corrected chi connectivity index (χ4v) is 2.69. The molecule has 0 fully saturated rings. The Bertz CT molecular complexity index is 749. The van der Waals surface area contributed by atoms with Crippen LogP contribution >= 0.6 is 27.5 Å². The van der Waals surface area contributed by atoms with E-state index < -0.39 is 0 Å².